The van der Waals surface area contributed by atoms with Crippen LogP contribution in [0.25, 0.3) is 0 Å². The van der Waals surface area contributed by atoms with Gasteiger partial charge in [-0.25, -0.2) is 9.38 Å². The van der Waals surface area contributed by atoms with Gasteiger partial charge in [-0.1, -0.05) is 12.1 Å². The van der Waals surface area contributed by atoms with Gasteiger partial charge in [0.05, 0.1) is 32.1 Å². The standard InChI is InChI=1S/C22H31FN4O3/c1-3-24-21(26-16-22(2,28)20-5-4-12-30-20)25-15-19(27-10-13-29-14-11-27)17-6-8-18(23)9-7-17/h4-9,12,19,28H,3,10-11,13-16H2,1-2H3,(H2,24,25,26). The molecule has 2 aromatic rings. The molecule has 3 rings (SSSR count). The molecule has 1 aromatic heterocycles. The molecule has 1 aliphatic rings. The number of guanidine groups is 1. The van der Waals surface area contributed by atoms with Gasteiger partial charge in [0.25, 0.3) is 0 Å². The van der Waals surface area contributed by atoms with Crippen molar-refractivity contribution in [3.05, 3.63) is 59.8 Å². The second-order valence-corrected chi connectivity index (χ2v) is 7.54. The third kappa shape index (κ3) is 6.04. The fraction of sp³-hybridized carbons (Fsp3) is 0.500. The predicted molar refractivity (Wildman–Crippen MR) is 114 cm³/mol. The Morgan fingerprint density at radius 2 is 1.97 bits per heavy atom. The number of nitrogens with one attached hydrogen (secondary N) is 2. The third-order valence-electron chi connectivity index (χ3n) is 5.15. The van der Waals surface area contributed by atoms with Gasteiger partial charge in [-0.15, -0.1) is 0 Å². The largest absolute Gasteiger partial charge is 0.466 e. The molecule has 0 saturated carbocycles. The van der Waals surface area contributed by atoms with Crippen molar-refractivity contribution in [2.75, 3.05) is 45.9 Å². The van der Waals surface area contributed by atoms with E-state index in [9.17, 15) is 9.50 Å². The van der Waals surface area contributed by atoms with Crippen molar-refractivity contribution in [1.29, 1.82) is 0 Å². The molecule has 3 N–H and O–H groups in total. The lowest BCUT2D eigenvalue weighted by Gasteiger charge is -2.35. The maximum absolute atomic E-state index is 13.4. The van der Waals surface area contributed by atoms with Gasteiger partial charge in [0, 0.05) is 26.2 Å². The Labute approximate surface area is 176 Å². The number of furan rings is 1. The number of aliphatic hydroxyl groups is 1. The number of halogens is 1. The van der Waals surface area contributed by atoms with Crippen LogP contribution < -0.4 is 10.6 Å². The Hall–Kier alpha value is -2.42. The topological polar surface area (TPSA) is 82.3 Å². The maximum atomic E-state index is 13.4. The van der Waals surface area contributed by atoms with Crippen molar-refractivity contribution < 1.29 is 18.7 Å². The van der Waals surface area contributed by atoms with Crippen LogP contribution in [0.4, 0.5) is 4.39 Å². The third-order valence-corrected chi connectivity index (χ3v) is 5.15. The lowest BCUT2D eigenvalue weighted by molar-refractivity contribution is 0.0169. The fourth-order valence-corrected chi connectivity index (χ4v) is 3.46. The number of benzene rings is 1. The Bertz CT molecular complexity index is 787. The van der Waals surface area contributed by atoms with Crippen LogP contribution in [0.5, 0.6) is 0 Å². The summed E-state index contributed by atoms with van der Waals surface area (Å²) in [6.45, 7) is 8.06. The monoisotopic (exact) mass is 418 g/mol. The van der Waals surface area contributed by atoms with Crippen molar-refractivity contribution in [2.45, 2.75) is 25.5 Å². The summed E-state index contributed by atoms with van der Waals surface area (Å²) in [4.78, 5) is 6.87. The van der Waals surface area contributed by atoms with Gasteiger partial charge in [-0.3, -0.25) is 4.90 Å². The van der Waals surface area contributed by atoms with E-state index in [4.69, 9.17) is 9.15 Å². The molecule has 1 fully saturated rings. The lowest BCUT2D eigenvalue weighted by atomic mass is 10.0. The second kappa shape index (κ2) is 10.6. The van der Waals surface area contributed by atoms with Crippen molar-refractivity contribution in [3.8, 4) is 0 Å². The normalized spacial score (nSPS) is 18.6. The van der Waals surface area contributed by atoms with Gasteiger partial charge in [-0.2, -0.15) is 0 Å². The average Bonchev–Trinajstić information content (AvgIpc) is 3.30. The highest BCUT2D eigenvalue weighted by Gasteiger charge is 2.27. The quantitative estimate of drug-likeness (QED) is 0.451. The molecule has 0 bridgehead atoms. The van der Waals surface area contributed by atoms with E-state index >= 15 is 0 Å². The van der Waals surface area contributed by atoms with Crippen molar-refractivity contribution >= 4 is 5.96 Å². The Morgan fingerprint density at radius 3 is 2.60 bits per heavy atom. The van der Waals surface area contributed by atoms with Crippen LogP contribution in [-0.4, -0.2) is 61.9 Å². The Balaban J connectivity index is 1.71. The summed E-state index contributed by atoms with van der Waals surface area (Å²) in [7, 11) is 0. The first kappa shape index (κ1) is 22.3. The zero-order valence-electron chi connectivity index (χ0n) is 17.6. The van der Waals surface area contributed by atoms with Crippen molar-refractivity contribution in [2.24, 2.45) is 4.99 Å². The highest BCUT2D eigenvalue weighted by molar-refractivity contribution is 5.79. The van der Waals surface area contributed by atoms with Crippen molar-refractivity contribution in [1.82, 2.24) is 15.5 Å². The molecule has 0 radical (unpaired) electrons. The highest BCUT2D eigenvalue weighted by atomic mass is 19.1. The molecule has 8 heteroatoms. The van der Waals surface area contributed by atoms with Gasteiger partial charge in [0.1, 0.15) is 17.2 Å². The average molecular weight is 419 g/mol. The molecule has 7 nitrogen and oxygen atoms in total. The summed E-state index contributed by atoms with van der Waals surface area (Å²) in [5.74, 6) is 0.826. The van der Waals surface area contributed by atoms with E-state index in [1.54, 1.807) is 19.1 Å². The Morgan fingerprint density at radius 1 is 1.23 bits per heavy atom. The number of ether oxygens (including phenoxy) is 1. The number of hydrogen-bond donors (Lipinski definition) is 3. The molecule has 2 unspecified atom stereocenters. The molecular weight excluding hydrogens is 387 g/mol. The van der Waals surface area contributed by atoms with Crippen LogP contribution in [0.1, 0.15) is 31.2 Å². The molecule has 30 heavy (non-hydrogen) atoms. The van der Waals surface area contributed by atoms with Crippen LogP contribution in [0.2, 0.25) is 0 Å². The van der Waals surface area contributed by atoms with E-state index in [1.807, 2.05) is 19.1 Å². The summed E-state index contributed by atoms with van der Waals surface area (Å²) in [6.07, 6.45) is 1.53. The molecule has 1 saturated heterocycles. The molecule has 0 amide bonds. The maximum Gasteiger partial charge on any atom is 0.191 e. The first-order valence-corrected chi connectivity index (χ1v) is 10.4. The van der Waals surface area contributed by atoms with Crippen molar-refractivity contribution in [3.63, 3.8) is 0 Å². The van der Waals surface area contributed by atoms with Crippen LogP contribution in [-0.2, 0) is 10.3 Å². The molecule has 164 valence electrons. The molecule has 0 aliphatic carbocycles. The van der Waals surface area contributed by atoms with Gasteiger partial charge < -0.3 is 24.9 Å². The summed E-state index contributed by atoms with van der Waals surface area (Å²) in [6, 6.07) is 10.1. The highest BCUT2D eigenvalue weighted by Crippen LogP contribution is 2.23. The minimum absolute atomic E-state index is 0.0453. The molecule has 1 aliphatic heterocycles. The molecule has 0 spiro atoms. The van der Waals surface area contributed by atoms with E-state index in [2.05, 4.69) is 20.5 Å². The van der Waals surface area contributed by atoms with E-state index in [1.165, 1.54) is 18.4 Å². The summed E-state index contributed by atoms with van der Waals surface area (Å²) in [5.41, 5.74) is -0.170. The molecule has 2 heterocycles. The summed E-state index contributed by atoms with van der Waals surface area (Å²) in [5, 5.41) is 17.2. The van der Waals surface area contributed by atoms with Gasteiger partial charge in [0.15, 0.2) is 5.96 Å². The van der Waals surface area contributed by atoms with Crippen LogP contribution in [0.3, 0.4) is 0 Å². The van der Waals surface area contributed by atoms with Crippen LogP contribution >= 0.6 is 0 Å². The Kier molecular flexibility index (Phi) is 7.84. The minimum Gasteiger partial charge on any atom is -0.466 e. The zero-order chi connectivity index (χ0) is 21.4. The van der Waals surface area contributed by atoms with Crippen LogP contribution in [0, 0.1) is 5.82 Å². The zero-order valence-corrected chi connectivity index (χ0v) is 17.6. The second-order valence-electron chi connectivity index (χ2n) is 7.54. The predicted octanol–water partition coefficient (Wildman–Crippen LogP) is 2.25. The van der Waals surface area contributed by atoms with Gasteiger partial charge >= 0.3 is 0 Å². The number of rotatable bonds is 8. The SMILES string of the molecule is CCNC(=NCC(C)(O)c1ccco1)NCC(c1ccc(F)cc1)N1CCOCC1. The minimum atomic E-state index is -1.20. The van der Waals surface area contributed by atoms with E-state index in [0.29, 0.717) is 38.0 Å². The van der Waals surface area contributed by atoms with Gasteiger partial charge in [0.2, 0.25) is 0 Å². The molecular formula is C22H31FN4O3. The smallest absolute Gasteiger partial charge is 0.191 e. The first-order valence-electron chi connectivity index (χ1n) is 10.4. The van der Waals surface area contributed by atoms with Crippen LogP contribution in [0.15, 0.2) is 52.1 Å². The summed E-state index contributed by atoms with van der Waals surface area (Å²) >= 11 is 0. The number of morpholine rings is 1. The van der Waals surface area contributed by atoms with E-state index < -0.39 is 5.60 Å². The summed E-state index contributed by atoms with van der Waals surface area (Å²) < 4.78 is 24.2. The lowest BCUT2D eigenvalue weighted by Crippen LogP contribution is -2.46. The number of hydrogen-bond acceptors (Lipinski definition) is 5. The number of aliphatic imine (C=N–C) groups is 1. The van der Waals surface area contributed by atoms with Gasteiger partial charge in [-0.05, 0) is 43.7 Å². The van der Waals surface area contributed by atoms with E-state index in [0.717, 1.165) is 18.7 Å². The van der Waals surface area contributed by atoms with E-state index in [-0.39, 0.29) is 18.4 Å². The molecule has 2 atom stereocenters. The first-order chi connectivity index (χ1) is 14.5. The fourth-order valence-electron chi connectivity index (χ4n) is 3.46. The molecule has 1 aromatic carbocycles. The number of nitrogens with zero attached hydrogens (tertiary/aromatic N) is 2.